The average Bonchev–Trinajstić information content (AvgIpc) is 2.29. The molecule has 4 heteroatoms. The molecule has 0 radical (unpaired) electrons. The second-order valence-electron chi connectivity index (χ2n) is 4.52. The van der Waals surface area contributed by atoms with Crippen molar-refractivity contribution in [3.05, 3.63) is 24.3 Å². The summed E-state index contributed by atoms with van der Waals surface area (Å²) in [6, 6.07) is 7.68. The predicted octanol–water partition coefficient (Wildman–Crippen LogP) is 1.36. The van der Waals surface area contributed by atoms with E-state index in [-0.39, 0.29) is 5.91 Å². The van der Waals surface area contributed by atoms with Crippen LogP contribution in [0.5, 0.6) is 5.75 Å². The molecule has 1 aliphatic rings. The number of ether oxygens (including phenoxy) is 1. The van der Waals surface area contributed by atoms with Crippen LogP contribution in [0.25, 0.3) is 0 Å². The lowest BCUT2D eigenvalue weighted by atomic mass is 10.2. The molecule has 0 fully saturated rings. The molecule has 1 aromatic rings. The largest absolute Gasteiger partial charge is 0.479 e. The second kappa shape index (κ2) is 4.75. The number of para-hydroxylation sites is 2. The molecule has 1 atom stereocenters. The molecule has 1 heterocycles. The van der Waals surface area contributed by atoms with Crippen LogP contribution in [-0.4, -0.2) is 44.1 Å². The summed E-state index contributed by atoms with van der Waals surface area (Å²) in [5.41, 5.74) is 0.873. The molecular formula is C13H18N2O2. The molecule has 0 aliphatic carbocycles. The maximum Gasteiger partial charge on any atom is 0.267 e. The summed E-state index contributed by atoms with van der Waals surface area (Å²) in [6.07, 6.45) is -0.396. The molecule has 92 valence electrons. The summed E-state index contributed by atoms with van der Waals surface area (Å²) in [5.74, 6) is 0.823. The zero-order chi connectivity index (χ0) is 12.4. The first-order valence-electron chi connectivity index (χ1n) is 5.81. The van der Waals surface area contributed by atoms with E-state index in [0.29, 0.717) is 6.54 Å². The van der Waals surface area contributed by atoms with Crippen LogP contribution < -0.4 is 9.64 Å². The van der Waals surface area contributed by atoms with Gasteiger partial charge >= 0.3 is 0 Å². The molecule has 0 spiro atoms. The summed E-state index contributed by atoms with van der Waals surface area (Å²) in [4.78, 5) is 16.0. The van der Waals surface area contributed by atoms with Crippen LogP contribution in [-0.2, 0) is 4.79 Å². The number of fused-ring (bicyclic) bond motifs is 1. The Morgan fingerprint density at radius 2 is 2.06 bits per heavy atom. The van der Waals surface area contributed by atoms with Crippen molar-refractivity contribution in [3.63, 3.8) is 0 Å². The third kappa shape index (κ3) is 2.42. The van der Waals surface area contributed by atoms with Crippen LogP contribution in [0.4, 0.5) is 5.69 Å². The van der Waals surface area contributed by atoms with Gasteiger partial charge in [0.25, 0.3) is 5.91 Å². The number of carbonyl (C=O) groups is 1. The molecule has 0 aromatic heterocycles. The highest BCUT2D eigenvalue weighted by molar-refractivity contribution is 5.99. The van der Waals surface area contributed by atoms with Crippen molar-refractivity contribution in [3.8, 4) is 5.75 Å². The maximum atomic E-state index is 12.1. The van der Waals surface area contributed by atoms with Crippen molar-refractivity contribution in [1.29, 1.82) is 0 Å². The van der Waals surface area contributed by atoms with Crippen molar-refractivity contribution >= 4 is 11.6 Å². The van der Waals surface area contributed by atoms with Gasteiger partial charge in [-0.05, 0) is 33.2 Å². The predicted molar refractivity (Wildman–Crippen MR) is 67.4 cm³/mol. The van der Waals surface area contributed by atoms with Crippen LogP contribution in [0.1, 0.15) is 6.92 Å². The van der Waals surface area contributed by atoms with Gasteiger partial charge in [0.15, 0.2) is 6.10 Å². The smallest absolute Gasteiger partial charge is 0.267 e. The lowest BCUT2D eigenvalue weighted by Crippen LogP contribution is -2.46. The Kier molecular flexibility index (Phi) is 3.33. The summed E-state index contributed by atoms with van der Waals surface area (Å²) in [6.45, 7) is 3.32. The van der Waals surface area contributed by atoms with Gasteiger partial charge < -0.3 is 14.5 Å². The van der Waals surface area contributed by atoms with Crippen LogP contribution in [0.2, 0.25) is 0 Å². The van der Waals surface area contributed by atoms with Gasteiger partial charge in [-0.25, -0.2) is 0 Å². The number of likely N-dealkylation sites (N-methyl/N-ethyl adjacent to an activating group) is 1. The molecular weight excluding hydrogens is 216 g/mol. The van der Waals surface area contributed by atoms with Gasteiger partial charge in [0.2, 0.25) is 0 Å². The lowest BCUT2D eigenvalue weighted by Gasteiger charge is -2.33. The Morgan fingerprint density at radius 3 is 2.76 bits per heavy atom. The highest BCUT2D eigenvalue weighted by atomic mass is 16.5. The van der Waals surface area contributed by atoms with Gasteiger partial charge in [-0.15, -0.1) is 0 Å². The topological polar surface area (TPSA) is 32.8 Å². The van der Waals surface area contributed by atoms with Gasteiger partial charge in [0.05, 0.1) is 5.69 Å². The van der Waals surface area contributed by atoms with Gasteiger partial charge in [0, 0.05) is 13.1 Å². The maximum absolute atomic E-state index is 12.1. The highest BCUT2D eigenvalue weighted by Crippen LogP contribution is 2.33. The van der Waals surface area contributed by atoms with E-state index in [2.05, 4.69) is 4.90 Å². The van der Waals surface area contributed by atoms with E-state index in [0.717, 1.165) is 18.0 Å². The monoisotopic (exact) mass is 234 g/mol. The standard InChI is InChI=1S/C13H18N2O2/c1-10-13(16)15(9-8-14(2)3)11-6-4-5-7-12(11)17-10/h4-7,10H,8-9H2,1-3H3. The molecule has 1 aromatic carbocycles. The minimum absolute atomic E-state index is 0.0329. The number of hydrogen-bond acceptors (Lipinski definition) is 3. The molecule has 0 N–H and O–H groups in total. The van der Waals surface area contributed by atoms with Crippen LogP contribution in [0.15, 0.2) is 24.3 Å². The zero-order valence-corrected chi connectivity index (χ0v) is 10.5. The van der Waals surface area contributed by atoms with Crippen LogP contribution in [0.3, 0.4) is 0 Å². The Bertz CT molecular complexity index is 418. The number of rotatable bonds is 3. The molecule has 1 unspecified atom stereocenters. The van der Waals surface area contributed by atoms with Gasteiger partial charge in [0.1, 0.15) is 5.75 Å². The van der Waals surface area contributed by atoms with Gasteiger partial charge in [-0.3, -0.25) is 4.79 Å². The normalized spacial score (nSPS) is 19.2. The van der Waals surface area contributed by atoms with E-state index in [1.54, 1.807) is 6.92 Å². The number of nitrogens with zero attached hydrogens (tertiary/aromatic N) is 2. The van der Waals surface area contributed by atoms with E-state index < -0.39 is 6.10 Å². The number of anilines is 1. The molecule has 1 aliphatic heterocycles. The minimum atomic E-state index is -0.396. The fourth-order valence-corrected chi connectivity index (χ4v) is 1.89. The van der Waals surface area contributed by atoms with Gasteiger partial charge in [-0.2, -0.15) is 0 Å². The van der Waals surface area contributed by atoms with Gasteiger partial charge in [-0.1, -0.05) is 12.1 Å². The van der Waals surface area contributed by atoms with E-state index >= 15 is 0 Å². The highest BCUT2D eigenvalue weighted by Gasteiger charge is 2.30. The third-order valence-electron chi connectivity index (χ3n) is 2.84. The van der Waals surface area contributed by atoms with E-state index in [1.165, 1.54) is 0 Å². The first-order valence-corrected chi connectivity index (χ1v) is 5.81. The average molecular weight is 234 g/mol. The van der Waals surface area contributed by atoms with E-state index in [1.807, 2.05) is 43.3 Å². The zero-order valence-electron chi connectivity index (χ0n) is 10.5. The number of benzene rings is 1. The second-order valence-corrected chi connectivity index (χ2v) is 4.52. The van der Waals surface area contributed by atoms with Crippen molar-refractivity contribution in [2.24, 2.45) is 0 Å². The summed E-state index contributed by atoms with van der Waals surface area (Å²) in [7, 11) is 4.00. The molecule has 0 saturated carbocycles. The number of amides is 1. The quantitative estimate of drug-likeness (QED) is 0.791. The SMILES string of the molecule is CC1Oc2ccccc2N(CCN(C)C)C1=O. The summed E-state index contributed by atoms with van der Waals surface area (Å²) in [5, 5.41) is 0. The minimum Gasteiger partial charge on any atom is -0.479 e. The fraction of sp³-hybridized carbons (Fsp3) is 0.462. The fourth-order valence-electron chi connectivity index (χ4n) is 1.89. The van der Waals surface area contributed by atoms with Crippen LogP contribution in [0, 0.1) is 0 Å². The molecule has 1 amide bonds. The Hall–Kier alpha value is -1.55. The summed E-state index contributed by atoms with van der Waals surface area (Å²) < 4.78 is 5.58. The molecule has 4 nitrogen and oxygen atoms in total. The molecule has 0 bridgehead atoms. The Balaban J connectivity index is 2.26. The van der Waals surface area contributed by atoms with Crippen LogP contribution >= 0.6 is 0 Å². The molecule has 17 heavy (non-hydrogen) atoms. The first kappa shape index (κ1) is 11.9. The Morgan fingerprint density at radius 1 is 1.35 bits per heavy atom. The number of carbonyl (C=O) groups excluding carboxylic acids is 1. The summed E-state index contributed by atoms with van der Waals surface area (Å²) >= 11 is 0. The third-order valence-corrected chi connectivity index (χ3v) is 2.84. The molecule has 0 saturated heterocycles. The molecule has 2 rings (SSSR count). The van der Waals surface area contributed by atoms with Crippen molar-refractivity contribution in [2.45, 2.75) is 13.0 Å². The first-order chi connectivity index (χ1) is 8.09. The lowest BCUT2D eigenvalue weighted by molar-refractivity contribution is -0.125. The van der Waals surface area contributed by atoms with E-state index in [4.69, 9.17) is 4.74 Å². The van der Waals surface area contributed by atoms with Crippen molar-refractivity contribution in [1.82, 2.24) is 4.90 Å². The van der Waals surface area contributed by atoms with E-state index in [9.17, 15) is 4.79 Å². The number of hydrogen-bond donors (Lipinski definition) is 0. The van der Waals surface area contributed by atoms with Crippen molar-refractivity contribution in [2.75, 3.05) is 32.1 Å². The van der Waals surface area contributed by atoms with Crippen molar-refractivity contribution < 1.29 is 9.53 Å². The Labute approximate surface area is 102 Å².